The highest BCUT2D eigenvalue weighted by atomic mass is 16.6. The van der Waals surface area contributed by atoms with Crippen LogP contribution in [0.2, 0.25) is 0 Å². The molecule has 196 valence electrons. The summed E-state index contributed by atoms with van der Waals surface area (Å²) in [6, 6.07) is 23.3. The number of imidazole rings is 1. The van der Waals surface area contributed by atoms with Crippen molar-refractivity contribution in [2.24, 2.45) is 0 Å². The molecular formula is C29H25N5O5. The molecule has 2 aliphatic rings. The molecule has 0 bridgehead atoms. The third-order valence-electron chi connectivity index (χ3n) is 7.66. The smallest absolute Gasteiger partial charge is 0.203 e. The molecule has 10 heteroatoms. The highest BCUT2D eigenvalue weighted by Crippen LogP contribution is 2.53. The van der Waals surface area contributed by atoms with Crippen LogP contribution in [-0.2, 0) is 10.5 Å². The van der Waals surface area contributed by atoms with Crippen LogP contribution >= 0.6 is 0 Å². The minimum atomic E-state index is -1.74. The maximum absolute atomic E-state index is 11.8. The van der Waals surface area contributed by atoms with E-state index in [1.54, 1.807) is 4.57 Å². The molecule has 0 radical (unpaired) electrons. The van der Waals surface area contributed by atoms with E-state index in [-0.39, 0.29) is 11.7 Å². The van der Waals surface area contributed by atoms with Gasteiger partial charge in [-0.3, -0.25) is 4.57 Å². The SMILES string of the molecule is Nc1ncnc2c1ncn2[C@]1(c2cccc3c2C(c2ccccc2)c2ccccc2O3)O[C@H](CO)[C@@H](O)[C@H]1O. The molecule has 5 atom stereocenters. The zero-order valence-electron chi connectivity index (χ0n) is 20.6. The van der Waals surface area contributed by atoms with Crippen LogP contribution in [0.15, 0.2) is 85.5 Å². The van der Waals surface area contributed by atoms with Crippen molar-refractivity contribution in [3.8, 4) is 11.5 Å². The molecule has 0 amide bonds. The summed E-state index contributed by atoms with van der Waals surface area (Å²) in [6.07, 6.45) is -1.24. The molecule has 4 heterocycles. The lowest BCUT2D eigenvalue weighted by Gasteiger charge is -2.39. The third-order valence-corrected chi connectivity index (χ3v) is 7.66. The number of para-hydroxylation sites is 1. The highest BCUT2D eigenvalue weighted by Gasteiger charge is 2.59. The van der Waals surface area contributed by atoms with Gasteiger partial charge in [-0.15, -0.1) is 0 Å². The molecule has 5 aromatic rings. The average Bonchev–Trinajstić information content (AvgIpc) is 3.52. The molecule has 1 saturated heterocycles. The fourth-order valence-electron chi connectivity index (χ4n) is 5.92. The first-order chi connectivity index (χ1) is 19.0. The van der Waals surface area contributed by atoms with Gasteiger partial charge in [-0.05, 0) is 17.7 Å². The number of nitrogen functional groups attached to an aromatic ring is 1. The molecule has 1 fully saturated rings. The fraction of sp³-hybridized carbons (Fsp3) is 0.207. The summed E-state index contributed by atoms with van der Waals surface area (Å²) in [6.45, 7) is -0.514. The van der Waals surface area contributed by atoms with E-state index >= 15 is 0 Å². The second-order valence-electron chi connectivity index (χ2n) is 9.72. The minimum absolute atomic E-state index is 0.162. The predicted octanol–water partition coefficient (Wildman–Crippen LogP) is 2.51. The van der Waals surface area contributed by atoms with E-state index in [0.29, 0.717) is 22.5 Å². The van der Waals surface area contributed by atoms with Crippen LogP contribution in [0.3, 0.4) is 0 Å². The van der Waals surface area contributed by atoms with Crippen LogP contribution < -0.4 is 10.5 Å². The minimum Gasteiger partial charge on any atom is -0.457 e. The summed E-state index contributed by atoms with van der Waals surface area (Å²) in [7, 11) is 0. The highest BCUT2D eigenvalue weighted by molar-refractivity contribution is 5.81. The first kappa shape index (κ1) is 23.7. The molecule has 10 nitrogen and oxygen atoms in total. The second-order valence-corrected chi connectivity index (χ2v) is 9.72. The average molecular weight is 524 g/mol. The Hall–Kier alpha value is -4.35. The van der Waals surface area contributed by atoms with Crippen molar-refractivity contribution in [1.82, 2.24) is 19.5 Å². The number of fused-ring (bicyclic) bond motifs is 3. The van der Waals surface area contributed by atoms with Gasteiger partial charge in [0.1, 0.15) is 41.7 Å². The van der Waals surface area contributed by atoms with Crippen LogP contribution in [0.25, 0.3) is 11.2 Å². The number of aliphatic hydroxyl groups is 3. The van der Waals surface area contributed by atoms with Gasteiger partial charge in [0.15, 0.2) is 11.5 Å². The summed E-state index contributed by atoms with van der Waals surface area (Å²) in [5.41, 5.74) is 8.19. The lowest BCUT2D eigenvalue weighted by atomic mass is 9.77. The second kappa shape index (κ2) is 8.85. The molecule has 2 aromatic heterocycles. The molecule has 7 rings (SSSR count). The van der Waals surface area contributed by atoms with Gasteiger partial charge < -0.3 is 30.5 Å². The van der Waals surface area contributed by atoms with Crippen molar-refractivity contribution < 1.29 is 24.8 Å². The predicted molar refractivity (Wildman–Crippen MR) is 141 cm³/mol. The zero-order chi connectivity index (χ0) is 26.7. The lowest BCUT2D eigenvalue weighted by Crippen LogP contribution is -2.47. The third kappa shape index (κ3) is 3.33. The van der Waals surface area contributed by atoms with Crippen LogP contribution in [0, 0.1) is 0 Å². The zero-order valence-corrected chi connectivity index (χ0v) is 20.6. The molecular weight excluding hydrogens is 498 g/mol. The van der Waals surface area contributed by atoms with Gasteiger partial charge in [0.25, 0.3) is 0 Å². The Morgan fingerprint density at radius 3 is 2.46 bits per heavy atom. The van der Waals surface area contributed by atoms with Gasteiger partial charge in [0.05, 0.1) is 12.9 Å². The lowest BCUT2D eigenvalue weighted by molar-refractivity contribution is -0.116. The van der Waals surface area contributed by atoms with E-state index in [2.05, 4.69) is 15.0 Å². The van der Waals surface area contributed by atoms with Crippen LogP contribution in [0.4, 0.5) is 5.82 Å². The number of rotatable bonds is 4. The van der Waals surface area contributed by atoms with E-state index in [0.717, 1.165) is 22.4 Å². The van der Waals surface area contributed by atoms with E-state index in [1.165, 1.54) is 12.7 Å². The molecule has 0 spiro atoms. The fourth-order valence-corrected chi connectivity index (χ4v) is 5.92. The normalized spacial score (nSPS) is 25.7. The first-order valence-electron chi connectivity index (χ1n) is 12.6. The maximum Gasteiger partial charge on any atom is 0.203 e. The number of anilines is 1. The van der Waals surface area contributed by atoms with Crippen LogP contribution in [0.1, 0.15) is 28.2 Å². The van der Waals surface area contributed by atoms with Gasteiger partial charge in [-0.1, -0.05) is 60.7 Å². The number of hydrogen-bond donors (Lipinski definition) is 4. The Bertz CT molecular complexity index is 1690. The number of ether oxygens (including phenoxy) is 2. The van der Waals surface area contributed by atoms with E-state index in [1.807, 2.05) is 72.8 Å². The number of aromatic nitrogens is 4. The largest absolute Gasteiger partial charge is 0.457 e. The van der Waals surface area contributed by atoms with Gasteiger partial charge in [-0.2, -0.15) is 0 Å². The van der Waals surface area contributed by atoms with Crippen LogP contribution in [0.5, 0.6) is 11.5 Å². The summed E-state index contributed by atoms with van der Waals surface area (Å²) >= 11 is 0. The Morgan fingerprint density at radius 2 is 1.67 bits per heavy atom. The molecule has 1 unspecified atom stereocenters. The van der Waals surface area contributed by atoms with Crippen molar-refractivity contribution in [2.45, 2.75) is 30.0 Å². The number of nitrogens with zero attached hydrogens (tertiary/aromatic N) is 4. The van der Waals surface area contributed by atoms with Gasteiger partial charge in [0.2, 0.25) is 5.72 Å². The van der Waals surface area contributed by atoms with E-state index in [4.69, 9.17) is 15.2 Å². The van der Waals surface area contributed by atoms with Crippen LogP contribution in [-0.4, -0.2) is 59.8 Å². The number of benzene rings is 3. The maximum atomic E-state index is 11.8. The Morgan fingerprint density at radius 1 is 0.897 bits per heavy atom. The molecule has 0 aliphatic carbocycles. The van der Waals surface area contributed by atoms with Gasteiger partial charge in [0, 0.05) is 22.6 Å². The van der Waals surface area contributed by atoms with Crippen molar-refractivity contribution in [3.05, 3.63) is 108 Å². The van der Waals surface area contributed by atoms with Gasteiger partial charge >= 0.3 is 0 Å². The molecule has 5 N–H and O–H groups in total. The summed E-state index contributed by atoms with van der Waals surface area (Å²) in [5, 5.41) is 32.9. The molecule has 3 aromatic carbocycles. The van der Waals surface area contributed by atoms with Crippen molar-refractivity contribution in [2.75, 3.05) is 12.3 Å². The van der Waals surface area contributed by atoms with Gasteiger partial charge in [-0.25, -0.2) is 15.0 Å². The van der Waals surface area contributed by atoms with Crippen molar-refractivity contribution in [3.63, 3.8) is 0 Å². The summed E-state index contributed by atoms with van der Waals surface area (Å²) in [5.74, 6) is 1.17. The quantitative estimate of drug-likeness (QED) is 0.273. The molecule has 0 saturated carbocycles. The Kier molecular flexibility index (Phi) is 5.39. The molecule has 2 aliphatic heterocycles. The first-order valence-corrected chi connectivity index (χ1v) is 12.6. The molecule has 39 heavy (non-hydrogen) atoms. The standard InChI is InChI=1S/C29H25N5O5/c30-27-24-28(32-14-31-27)34(15-33-24)29(26(37)25(36)21(13-35)39-29)18-10-6-12-20-23(18)22(16-7-2-1-3-8-16)17-9-4-5-11-19(17)38-20/h1-12,14-15,21-22,25-26,35-37H,13H2,(H2,30,31,32)/t21-,22?,25-,26-,29-/m1/s1. The summed E-state index contributed by atoms with van der Waals surface area (Å²) in [4.78, 5) is 12.8. The van der Waals surface area contributed by atoms with E-state index < -0.39 is 30.6 Å². The topological polar surface area (TPSA) is 149 Å². The monoisotopic (exact) mass is 523 g/mol. The van der Waals surface area contributed by atoms with E-state index in [9.17, 15) is 15.3 Å². The number of hydrogen-bond acceptors (Lipinski definition) is 9. The number of nitrogens with two attached hydrogens (primary N) is 1. The Balaban J connectivity index is 1.56. The summed E-state index contributed by atoms with van der Waals surface area (Å²) < 4.78 is 14.4. The Labute approximate surface area is 222 Å². The number of aliphatic hydroxyl groups excluding tert-OH is 3. The van der Waals surface area contributed by atoms with Crippen molar-refractivity contribution >= 4 is 17.0 Å². The van der Waals surface area contributed by atoms with Crippen molar-refractivity contribution in [1.29, 1.82) is 0 Å².